The minimum Gasteiger partial charge on any atom is -0.411 e. The largest absolute Gasteiger partial charge is 0.411 e. The number of nitrogens with zero attached hydrogens (tertiary/aromatic N) is 5. The Kier molecular flexibility index (Phi) is 14.2. The van der Waals surface area contributed by atoms with Crippen LogP contribution in [0.25, 0.3) is 11.3 Å². The van der Waals surface area contributed by atoms with Crippen LogP contribution < -0.4 is 5.32 Å². The molecule has 3 N–H and O–H groups in total. The van der Waals surface area contributed by atoms with Crippen molar-refractivity contribution >= 4 is 28.2 Å². The van der Waals surface area contributed by atoms with Crippen LogP contribution in [0.1, 0.15) is 50.8 Å². The third kappa shape index (κ3) is 10.6. The highest BCUT2D eigenvalue weighted by molar-refractivity contribution is 7.89. The second kappa shape index (κ2) is 19.0. The van der Waals surface area contributed by atoms with Crippen LogP contribution in [-0.2, 0) is 27.8 Å². The van der Waals surface area contributed by atoms with E-state index in [1.54, 1.807) is 16.0 Å². The van der Waals surface area contributed by atoms with Crippen molar-refractivity contribution in [2.45, 2.75) is 70.2 Å². The van der Waals surface area contributed by atoms with E-state index in [9.17, 15) is 23.1 Å². The summed E-state index contributed by atoms with van der Waals surface area (Å²) in [5.41, 5.74) is 4.11. The monoisotopic (exact) mass is 768 g/mol. The highest BCUT2D eigenvalue weighted by Gasteiger charge is 2.41. The summed E-state index contributed by atoms with van der Waals surface area (Å²) in [6.07, 6.45) is 2.51. The molecule has 2 heterocycles. The van der Waals surface area contributed by atoms with Crippen LogP contribution in [0.2, 0.25) is 0 Å². The van der Waals surface area contributed by atoms with Crippen molar-refractivity contribution in [3.63, 3.8) is 0 Å². The smallest absolute Gasteiger partial charge is 0.321 e. The number of benzene rings is 3. The van der Waals surface area contributed by atoms with Crippen LogP contribution in [0.3, 0.4) is 0 Å². The lowest BCUT2D eigenvalue weighted by atomic mass is 9.95. The number of carbonyl (C=O) groups excluding carboxylic acids is 2. The number of nitrogens with one attached hydrogen (secondary N) is 1. The van der Waals surface area contributed by atoms with Gasteiger partial charge in [0.2, 0.25) is 15.9 Å². The number of rotatable bonds is 18. The minimum absolute atomic E-state index is 0.0245. The summed E-state index contributed by atoms with van der Waals surface area (Å²) >= 11 is 0. The predicted octanol–water partition coefficient (Wildman–Crippen LogP) is 5.64. The molecule has 1 aromatic heterocycles. The van der Waals surface area contributed by atoms with Gasteiger partial charge in [-0.15, -0.1) is 0 Å². The molecule has 1 saturated heterocycles. The Balaban J connectivity index is 1.36. The number of hydrogen-bond acceptors (Lipinski definition) is 8. The molecule has 4 aromatic rings. The third-order valence-corrected chi connectivity index (χ3v) is 11.8. The third-order valence-electron chi connectivity index (χ3n) is 9.95. The fourth-order valence-electron chi connectivity index (χ4n) is 6.89. The maximum absolute atomic E-state index is 14.4. The predicted molar refractivity (Wildman–Crippen MR) is 213 cm³/mol. The summed E-state index contributed by atoms with van der Waals surface area (Å²) in [6, 6.07) is 27.0. The zero-order valence-corrected chi connectivity index (χ0v) is 32.7. The number of urea groups is 1. The molecule has 0 spiro atoms. The molecule has 1 fully saturated rings. The van der Waals surface area contributed by atoms with E-state index in [0.717, 1.165) is 22.4 Å². The zero-order valence-electron chi connectivity index (χ0n) is 31.9. The lowest BCUT2D eigenvalue weighted by Gasteiger charge is -2.35. The van der Waals surface area contributed by atoms with E-state index in [0.29, 0.717) is 31.6 Å². The highest BCUT2D eigenvalue weighted by Crippen LogP contribution is 2.25. The van der Waals surface area contributed by atoms with Gasteiger partial charge in [0.05, 0.1) is 28.9 Å². The molecule has 1 aliphatic heterocycles. The Morgan fingerprint density at radius 1 is 0.945 bits per heavy atom. The van der Waals surface area contributed by atoms with Gasteiger partial charge in [-0.2, -0.15) is 4.31 Å². The van der Waals surface area contributed by atoms with Crippen LogP contribution in [0.4, 0.5) is 4.79 Å². The van der Waals surface area contributed by atoms with Crippen molar-refractivity contribution in [1.82, 2.24) is 24.4 Å². The van der Waals surface area contributed by atoms with Gasteiger partial charge >= 0.3 is 6.03 Å². The molecule has 4 atom stereocenters. The molecule has 55 heavy (non-hydrogen) atoms. The van der Waals surface area contributed by atoms with Gasteiger partial charge < -0.3 is 25.4 Å². The van der Waals surface area contributed by atoms with Gasteiger partial charge in [0.1, 0.15) is 6.04 Å². The average Bonchev–Trinajstić information content (AvgIpc) is 3.53. The first kappa shape index (κ1) is 41.1. The van der Waals surface area contributed by atoms with E-state index in [1.807, 2.05) is 100 Å². The minimum atomic E-state index is -4.07. The van der Waals surface area contributed by atoms with E-state index in [1.165, 1.54) is 34.8 Å². The molecule has 0 aliphatic carbocycles. The molecule has 0 radical (unpaired) electrons. The second-order valence-electron chi connectivity index (χ2n) is 14.5. The van der Waals surface area contributed by atoms with Gasteiger partial charge in [-0.05, 0) is 65.3 Å². The van der Waals surface area contributed by atoms with Crippen molar-refractivity contribution in [1.29, 1.82) is 0 Å². The normalized spacial score (nSPS) is 15.8. The molecule has 292 valence electrons. The number of aromatic nitrogens is 1. The molecule has 3 aromatic carbocycles. The Morgan fingerprint density at radius 2 is 1.65 bits per heavy atom. The SMILES string of the molecule is CC[C@H](C)[C@@H](C(=O)N[C@@H](Cc1ccccc1)[C@H](O)CN(CC(C)C)S(=O)(=O)c1ccc(C=NO)cc1)N1CCN(Cc2cccc(-c3ccccn3)c2)C1=O. The molecule has 0 bridgehead atoms. The molecular weight excluding hydrogens is 717 g/mol. The molecule has 5 rings (SSSR count). The zero-order chi connectivity index (χ0) is 39.5. The van der Waals surface area contributed by atoms with Gasteiger partial charge in [-0.3, -0.25) is 9.78 Å². The molecule has 1 aliphatic rings. The van der Waals surface area contributed by atoms with Crippen LogP contribution in [0.5, 0.6) is 0 Å². The molecule has 0 unspecified atom stereocenters. The molecule has 12 nitrogen and oxygen atoms in total. The molecule has 13 heteroatoms. The number of pyridine rings is 1. The Morgan fingerprint density at radius 3 is 2.31 bits per heavy atom. The van der Waals surface area contributed by atoms with Gasteiger partial charge in [0.15, 0.2) is 0 Å². The van der Waals surface area contributed by atoms with Crippen LogP contribution >= 0.6 is 0 Å². The summed E-state index contributed by atoms with van der Waals surface area (Å²) in [6.45, 7) is 8.72. The Bertz CT molecular complexity index is 2000. The van der Waals surface area contributed by atoms with Crippen molar-refractivity contribution in [2.75, 3.05) is 26.2 Å². The van der Waals surface area contributed by atoms with Gasteiger partial charge in [0.25, 0.3) is 0 Å². The van der Waals surface area contributed by atoms with Crippen LogP contribution in [0, 0.1) is 11.8 Å². The molecule has 0 saturated carbocycles. The van der Waals surface area contributed by atoms with Crippen molar-refractivity contribution in [2.24, 2.45) is 17.0 Å². The fourth-order valence-corrected chi connectivity index (χ4v) is 8.52. The van der Waals surface area contributed by atoms with Crippen LogP contribution in [-0.4, -0.2) is 100 Å². The average molecular weight is 769 g/mol. The lowest BCUT2D eigenvalue weighted by molar-refractivity contribution is -0.128. The van der Waals surface area contributed by atoms with E-state index in [2.05, 4.69) is 15.5 Å². The number of hydrogen-bond donors (Lipinski definition) is 3. The van der Waals surface area contributed by atoms with Gasteiger partial charge in [-0.25, -0.2) is 13.2 Å². The maximum atomic E-state index is 14.4. The number of carbonyl (C=O) groups is 2. The van der Waals surface area contributed by atoms with Gasteiger partial charge in [0, 0.05) is 44.5 Å². The van der Waals surface area contributed by atoms with Crippen molar-refractivity contribution in [3.05, 3.63) is 120 Å². The maximum Gasteiger partial charge on any atom is 0.321 e. The number of oxime groups is 1. The second-order valence-corrected chi connectivity index (χ2v) is 16.5. The molecule has 3 amide bonds. The van der Waals surface area contributed by atoms with Crippen molar-refractivity contribution in [3.8, 4) is 11.3 Å². The number of aliphatic hydroxyl groups excluding tert-OH is 1. The summed E-state index contributed by atoms with van der Waals surface area (Å²) in [7, 11) is -4.07. The van der Waals surface area contributed by atoms with E-state index in [-0.39, 0.29) is 42.3 Å². The number of sulfonamides is 1. The fraction of sp³-hybridized carbons (Fsp3) is 0.381. The van der Waals surface area contributed by atoms with Crippen LogP contribution in [0.15, 0.2) is 113 Å². The first-order chi connectivity index (χ1) is 26.4. The first-order valence-corrected chi connectivity index (χ1v) is 20.2. The summed E-state index contributed by atoms with van der Waals surface area (Å²) in [5, 5.41) is 26.8. The molecular formula is C42H52N6O6S. The number of amides is 3. The summed E-state index contributed by atoms with van der Waals surface area (Å²) in [5.74, 6) is -0.676. The van der Waals surface area contributed by atoms with Gasteiger partial charge in [-0.1, -0.05) is 106 Å². The van der Waals surface area contributed by atoms with E-state index in [4.69, 9.17) is 5.21 Å². The first-order valence-electron chi connectivity index (χ1n) is 18.8. The quantitative estimate of drug-likeness (QED) is 0.0672. The number of aliphatic hydroxyl groups is 1. The topological polar surface area (TPSA) is 156 Å². The lowest BCUT2D eigenvalue weighted by Crippen LogP contribution is -2.57. The standard InChI is InChI=1S/C42H52N6O6S/c1-5-31(4)40(48-23-22-46(42(48)51)28-34-14-11-15-35(24-34)37-16-9-10-21-43-37)41(50)45-38(25-32-12-7-6-8-13-32)39(49)29-47(27-30(2)3)55(53,54)36-19-17-33(18-20-36)26-44-52/h6-21,24,26,30-31,38-40,49,52H,5,22-23,25,27-29H2,1-4H3,(H,45,50)/t31-,38-,39+,40-/m0/s1. The Hall–Kier alpha value is -5.11. The Labute approximate surface area is 324 Å². The van der Waals surface area contributed by atoms with Crippen molar-refractivity contribution < 1.29 is 28.3 Å². The summed E-state index contributed by atoms with van der Waals surface area (Å²) < 4.78 is 29.2. The summed E-state index contributed by atoms with van der Waals surface area (Å²) in [4.78, 5) is 36.3. The highest BCUT2D eigenvalue weighted by atomic mass is 32.2. The van der Waals surface area contributed by atoms with E-state index >= 15 is 0 Å². The van der Waals surface area contributed by atoms with E-state index < -0.39 is 34.1 Å².